The third-order valence-corrected chi connectivity index (χ3v) is 5.34. The molecule has 0 N–H and O–H groups in total. The molecule has 1 amide bonds. The number of rotatable bonds is 6. The van der Waals surface area contributed by atoms with Crippen LogP contribution >= 0.6 is 34.3 Å². The van der Waals surface area contributed by atoms with Crippen molar-refractivity contribution in [1.82, 2.24) is 10.2 Å². The minimum absolute atomic E-state index is 0.0964. The highest BCUT2D eigenvalue weighted by Crippen LogP contribution is 2.30. The van der Waals surface area contributed by atoms with Gasteiger partial charge in [-0.15, -0.1) is 21.5 Å². The number of amides is 1. The van der Waals surface area contributed by atoms with E-state index >= 15 is 0 Å². The van der Waals surface area contributed by atoms with E-state index in [1.54, 1.807) is 30.2 Å². The second kappa shape index (κ2) is 7.85. The van der Waals surface area contributed by atoms with E-state index in [2.05, 4.69) is 10.2 Å². The van der Waals surface area contributed by atoms with Crippen molar-refractivity contribution in [2.75, 3.05) is 25.2 Å². The van der Waals surface area contributed by atoms with Crippen LogP contribution in [0.25, 0.3) is 10.6 Å². The summed E-state index contributed by atoms with van der Waals surface area (Å²) in [7, 11) is 1.60. The first-order valence-electron chi connectivity index (χ1n) is 7.13. The Balaban J connectivity index is 1.88. The minimum atomic E-state index is -0.0964. The van der Waals surface area contributed by atoms with Gasteiger partial charge < -0.3 is 4.74 Å². The molecule has 2 heterocycles. The lowest BCUT2D eigenvalue weighted by atomic mass is 10.2. The van der Waals surface area contributed by atoms with Gasteiger partial charge in [-0.3, -0.25) is 9.69 Å². The van der Waals surface area contributed by atoms with Crippen LogP contribution in [0.4, 0.5) is 5.13 Å². The molecule has 0 atom stereocenters. The van der Waals surface area contributed by atoms with Gasteiger partial charge in [0.25, 0.3) is 5.91 Å². The van der Waals surface area contributed by atoms with Crippen LogP contribution in [0, 0.1) is 0 Å². The number of aromatic nitrogens is 2. The Kier molecular flexibility index (Phi) is 5.57. The van der Waals surface area contributed by atoms with E-state index < -0.39 is 0 Å². The SMILES string of the molecule is COCCN(C(=O)c1cccs1)c1nnc(-c2ccc(Cl)cc2)s1. The fourth-order valence-corrected chi connectivity index (χ4v) is 3.71. The summed E-state index contributed by atoms with van der Waals surface area (Å²) in [5, 5.41) is 12.2. The van der Waals surface area contributed by atoms with Gasteiger partial charge in [0, 0.05) is 17.7 Å². The molecule has 0 fully saturated rings. The number of thiophene rings is 1. The first-order valence-corrected chi connectivity index (χ1v) is 9.20. The molecular weight excluding hydrogens is 366 g/mol. The van der Waals surface area contributed by atoms with Crippen LogP contribution in [0.3, 0.4) is 0 Å². The predicted octanol–water partition coefficient (Wildman–Crippen LogP) is 4.21. The van der Waals surface area contributed by atoms with Gasteiger partial charge in [0.05, 0.1) is 18.0 Å². The van der Waals surface area contributed by atoms with Crippen molar-refractivity contribution < 1.29 is 9.53 Å². The Morgan fingerprint density at radius 2 is 2.04 bits per heavy atom. The molecule has 1 aromatic carbocycles. The highest BCUT2D eigenvalue weighted by Gasteiger charge is 2.22. The minimum Gasteiger partial charge on any atom is -0.383 e. The van der Waals surface area contributed by atoms with Gasteiger partial charge in [-0.25, -0.2) is 0 Å². The quantitative estimate of drug-likeness (QED) is 0.643. The number of hydrogen-bond acceptors (Lipinski definition) is 6. The molecule has 0 radical (unpaired) electrons. The van der Waals surface area contributed by atoms with Crippen LogP contribution in [-0.4, -0.2) is 36.4 Å². The summed E-state index contributed by atoms with van der Waals surface area (Å²) in [6.45, 7) is 0.843. The van der Waals surface area contributed by atoms with E-state index in [9.17, 15) is 4.79 Å². The second-order valence-electron chi connectivity index (χ2n) is 4.82. The molecule has 8 heteroatoms. The first-order chi connectivity index (χ1) is 11.7. The standard InChI is InChI=1S/C16H14ClN3O2S2/c1-22-9-8-20(15(21)13-3-2-10-23-13)16-19-18-14(24-16)11-4-6-12(17)7-5-11/h2-7,10H,8-9H2,1H3. The second-order valence-corrected chi connectivity index (χ2v) is 7.16. The zero-order valence-electron chi connectivity index (χ0n) is 12.8. The lowest BCUT2D eigenvalue weighted by molar-refractivity contribution is 0.0979. The Bertz CT molecular complexity index is 803. The third-order valence-electron chi connectivity index (χ3n) is 3.23. The number of anilines is 1. The van der Waals surface area contributed by atoms with Crippen LogP contribution < -0.4 is 4.90 Å². The van der Waals surface area contributed by atoms with E-state index in [1.807, 2.05) is 23.6 Å². The summed E-state index contributed by atoms with van der Waals surface area (Å²) in [5.74, 6) is -0.0964. The highest BCUT2D eigenvalue weighted by atomic mass is 35.5. The molecule has 0 saturated heterocycles. The number of hydrogen-bond donors (Lipinski definition) is 0. The summed E-state index contributed by atoms with van der Waals surface area (Å²) in [5.41, 5.74) is 0.915. The normalized spacial score (nSPS) is 10.8. The van der Waals surface area contributed by atoms with E-state index in [4.69, 9.17) is 16.3 Å². The number of nitrogens with zero attached hydrogens (tertiary/aromatic N) is 3. The molecular formula is C16H14ClN3O2S2. The fraction of sp³-hybridized carbons (Fsp3) is 0.188. The molecule has 0 saturated carbocycles. The molecule has 0 aliphatic rings. The van der Waals surface area contributed by atoms with E-state index in [0.717, 1.165) is 10.6 Å². The van der Waals surface area contributed by atoms with Gasteiger partial charge in [-0.2, -0.15) is 0 Å². The van der Waals surface area contributed by atoms with Gasteiger partial charge >= 0.3 is 0 Å². The summed E-state index contributed by atoms with van der Waals surface area (Å²) in [6.07, 6.45) is 0. The number of benzene rings is 1. The largest absolute Gasteiger partial charge is 0.383 e. The van der Waals surface area contributed by atoms with Gasteiger partial charge in [-0.1, -0.05) is 41.1 Å². The number of carbonyl (C=O) groups excluding carboxylic acids is 1. The van der Waals surface area contributed by atoms with Crippen LogP contribution in [0.15, 0.2) is 41.8 Å². The monoisotopic (exact) mass is 379 g/mol. The Hall–Kier alpha value is -1.80. The predicted molar refractivity (Wildman–Crippen MR) is 98.2 cm³/mol. The van der Waals surface area contributed by atoms with E-state index in [-0.39, 0.29) is 5.91 Å². The average molecular weight is 380 g/mol. The Labute approximate surface area is 152 Å². The van der Waals surface area contributed by atoms with Crippen molar-refractivity contribution in [3.05, 3.63) is 51.7 Å². The molecule has 0 unspecified atom stereocenters. The number of carbonyl (C=O) groups is 1. The van der Waals surface area contributed by atoms with E-state index in [0.29, 0.717) is 28.2 Å². The maximum Gasteiger partial charge on any atom is 0.270 e. The van der Waals surface area contributed by atoms with Crippen molar-refractivity contribution in [3.8, 4) is 10.6 Å². The van der Waals surface area contributed by atoms with Gasteiger partial charge in [-0.05, 0) is 23.6 Å². The topological polar surface area (TPSA) is 55.3 Å². The molecule has 0 bridgehead atoms. The van der Waals surface area contributed by atoms with Crippen LogP contribution in [-0.2, 0) is 4.74 Å². The average Bonchev–Trinajstić information content (AvgIpc) is 3.28. The molecule has 24 heavy (non-hydrogen) atoms. The van der Waals surface area contributed by atoms with Crippen molar-refractivity contribution in [1.29, 1.82) is 0 Å². The molecule has 0 aliphatic carbocycles. The summed E-state index contributed by atoms with van der Waals surface area (Å²) in [6, 6.07) is 11.0. The van der Waals surface area contributed by atoms with E-state index in [1.165, 1.54) is 22.7 Å². The summed E-state index contributed by atoms with van der Waals surface area (Å²) < 4.78 is 5.12. The van der Waals surface area contributed by atoms with Crippen LogP contribution in [0.5, 0.6) is 0 Å². The third kappa shape index (κ3) is 3.81. The molecule has 2 aromatic heterocycles. The van der Waals surface area contributed by atoms with Gasteiger partial charge in [0.2, 0.25) is 5.13 Å². The molecule has 0 aliphatic heterocycles. The van der Waals surface area contributed by atoms with Crippen molar-refractivity contribution in [2.45, 2.75) is 0 Å². The Morgan fingerprint density at radius 3 is 2.71 bits per heavy atom. The Morgan fingerprint density at radius 1 is 1.25 bits per heavy atom. The molecule has 5 nitrogen and oxygen atoms in total. The summed E-state index contributed by atoms with van der Waals surface area (Å²) >= 11 is 8.68. The van der Waals surface area contributed by atoms with Crippen LogP contribution in [0.1, 0.15) is 9.67 Å². The van der Waals surface area contributed by atoms with Crippen molar-refractivity contribution >= 4 is 45.3 Å². The number of halogens is 1. The zero-order chi connectivity index (χ0) is 16.9. The highest BCUT2D eigenvalue weighted by molar-refractivity contribution is 7.18. The number of ether oxygens (including phenoxy) is 1. The smallest absolute Gasteiger partial charge is 0.270 e. The maximum atomic E-state index is 12.7. The fourth-order valence-electron chi connectivity index (χ4n) is 2.03. The lowest BCUT2D eigenvalue weighted by Gasteiger charge is -2.17. The molecule has 3 rings (SSSR count). The van der Waals surface area contributed by atoms with Gasteiger partial charge in [0.15, 0.2) is 0 Å². The van der Waals surface area contributed by atoms with Crippen LogP contribution in [0.2, 0.25) is 5.02 Å². The molecule has 0 spiro atoms. The molecule has 124 valence electrons. The maximum absolute atomic E-state index is 12.7. The van der Waals surface area contributed by atoms with Crippen molar-refractivity contribution in [2.24, 2.45) is 0 Å². The van der Waals surface area contributed by atoms with Gasteiger partial charge in [0.1, 0.15) is 5.01 Å². The summed E-state index contributed by atoms with van der Waals surface area (Å²) in [4.78, 5) is 15.0. The number of methoxy groups -OCH3 is 1. The zero-order valence-corrected chi connectivity index (χ0v) is 15.2. The molecule has 3 aromatic rings. The van der Waals surface area contributed by atoms with Crippen molar-refractivity contribution in [3.63, 3.8) is 0 Å². The lowest BCUT2D eigenvalue weighted by Crippen LogP contribution is -2.33. The first kappa shape index (κ1) is 17.0.